The monoisotopic (exact) mass is 282 g/mol. The van der Waals surface area contributed by atoms with E-state index in [-0.39, 0.29) is 5.75 Å². The smallest absolute Gasteiger partial charge is 0.337 e. The number of hydrogen-bond acceptors (Lipinski definition) is 4. The van der Waals surface area contributed by atoms with Gasteiger partial charge in [0.25, 0.3) is 0 Å². The number of ether oxygens (including phenoxy) is 1. The summed E-state index contributed by atoms with van der Waals surface area (Å²) in [5.74, 6) is -0.418. The summed E-state index contributed by atoms with van der Waals surface area (Å²) in [7, 11) is 1.31. The zero-order valence-electron chi connectivity index (χ0n) is 11.5. The number of methoxy groups -OCH3 is 1. The predicted molar refractivity (Wildman–Crippen MR) is 78.3 cm³/mol. The molecule has 0 bridgehead atoms. The largest absolute Gasteiger partial charge is 0.508 e. The molecule has 0 spiro atoms. The normalized spacial score (nSPS) is 10.7. The van der Waals surface area contributed by atoms with Crippen LogP contribution in [0.5, 0.6) is 5.75 Å². The minimum Gasteiger partial charge on any atom is -0.508 e. The van der Waals surface area contributed by atoms with Gasteiger partial charge in [-0.2, -0.15) is 5.10 Å². The van der Waals surface area contributed by atoms with Gasteiger partial charge in [0.2, 0.25) is 0 Å². The molecule has 1 heterocycles. The van der Waals surface area contributed by atoms with Crippen LogP contribution in [0.25, 0.3) is 10.9 Å². The van der Waals surface area contributed by atoms with Gasteiger partial charge in [-0.25, -0.2) is 4.79 Å². The molecule has 0 amide bonds. The van der Waals surface area contributed by atoms with Crippen LogP contribution >= 0.6 is 0 Å². The second kappa shape index (κ2) is 5.28. The van der Waals surface area contributed by atoms with Crippen molar-refractivity contribution >= 4 is 16.9 Å². The zero-order valence-corrected chi connectivity index (χ0v) is 11.5. The number of aromatic hydroxyl groups is 1. The van der Waals surface area contributed by atoms with Crippen molar-refractivity contribution < 1.29 is 14.6 Å². The fourth-order valence-electron chi connectivity index (χ4n) is 2.26. The molecule has 0 saturated heterocycles. The lowest BCUT2D eigenvalue weighted by atomic mass is 10.1. The molecule has 3 aromatic rings. The third-order valence-electron chi connectivity index (χ3n) is 3.38. The molecular formula is C16H14N2O3. The van der Waals surface area contributed by atoms with Gasteiger partial charge in [-0.05, 0) is 18.2 Å². The molecule has 1 N–H and O–H groups in total. The Morgan fingerprint density at radius 2 is 2.10 bits per heavy atom. The first-order valence-electron chi connectivity index (χ1n) is 6.50. The van der Waals surface area contributed by atoms with Crippen molar-refractivity contribution in [3.63, 3.8) is 0 Å². The predicted octanol–water partition coefficient (Wildman–Crippen LogP) is 2.58. The highest BCUT2D eigenvalue weighted by Crippen LogP contribution is 2.22. The lowest BCUT2D eigenvalue weighted by molar-refractivity contribution is 0.0600. The summed E-state index contributed by atoms with van der Waals surface area (Å²) in [6.07, 6.45) is 1.79. The molecule has 106 valence electrons. The number of phenols is 1. The van der Waals surface area contributed by atoms with Gasteiger partial charge >= 0.3 is 5.97 Å². The van der Waals surface area contributed by atoms with Gasteiger partial charge in [-0.3, -0.25) is 4.68 Å². The van der Waals surface area contributed by atoms with E-state index in [2.05, 4.69) is 9.84 Å². The minimum atomic E-state index is -0.471. The molecule has 0 aliphatic rings. The first kappa shape index (κ1) is 13.2. The molecule has 0 saturated carbocycles. The van der Waals surface area contributed by atoms with Crippen molar-refractivity contribution in [2.24, 2.45) is 0 Å². The first-order valence-corrected chi connectivity index (χ1v) is 6.50. The number of aromatic nitrogens is 2. The highest BCUT2D eigenvalue weighted by molar-refractivity contribution is 5.89. The average Bonchev–Trinajstić information content (AvgIpc) is 2.92. The number of carbonyl (C=O) groups is 1. The molecule has 0 unspecified atom stereocenters. The number of fused-ring (bicyclic) bond motifs is 1. The Kier molecular flexibility index (Phi) is 3.31. The van der Waals surface area contributed by atoms with Crippen LogP contribution in [0.15, 0.2) is 48.7 Å². The second-order valence-corrected chi connectivity index (χ2v) is 4.70. The van der Waals surface area contributed by atoms with Gasteiger partial charge in [0.1, 0.15) is 5.75 Å². The first-order chi connectivity index (χ1) is 10.2. The lowest BCUT2D eigenvalue weighted by Gasteiger charge is -2.08. The number of hydrogen-bond donors (Lipinski definition) is 1. The minimum absolute atomic E-state index is 0.0532. The number of carbonyl (C=O) groups excluding carboxylic acids is 1. The van der Waals surface area contributed by atoms with Gasteiger partial charge < -0.3 is 9.84 Å². The summed E-state index contributed by atoms with van der Waals surface area (Å²) in [6.45, 7) is 0.431. The lowest BCUT2D eigenvalue weighted by Crippen LogP contribution is -2.04. The highest BCUT2D eigenvalue weighted by atomic mass is 16.5. The molecule has 0 aliphatic heterocycles. The summed E-state index contributed by atoms with van der Waals surface area (Å²) in [5.41, 5.74) is 2.01. The van der Waals surface area contributed by atoms with Crippen LogP contribution in [0.3, 0.4) is 0 Å². The molecule has 5 nitrogen and oxygen atoms in total. The van der Waals surface area contributed by atoms with Crippen molar-refractivity contribution in [1.82, 2.24) is 9.78 Å². The zero-order chi connectivity index (χ0) is 14.8. The Balaban J connectivity index is 1.93. The van der Waals surface area contributed by atoms with Crippen molar-refractivity contribution in [2.75, 3.05) is 7.11 Å². The summed E-state index contributed by atoms with van der Waals surface area (Å²) in [6, 6.07) is 12.6. The van der Waals surface area contributed by atoms with Gasteiger partial charge in [0.05, 0.1) is 30.9 Å². The Labute approximate surface area is 121 Å². The number of nitrogens with zero attached hydrogens (tertiary/aromatic N) is 2. The molecule has 0 fully saturated rings. The summed E-state index contributed by atoms with van der Waals surface area (Å²) >= 11 is 0. The average molecular weight is 282 g/mol. The van der Waals surface area contributed by atoms with Crippen LogP contribution in [-0.4, -0.2) is 28.0 Å². The van der Waals surface area contributed by atoms with E-state index >= 15 is 0 Å². The maximum Gasteiger partial charge on any atom is 0.337 e. The Bertz CT molecular complexity index is 808. The number of rotatable bonds is 3. The quantitative estimate of drug-likeness (QED) is 0.750. The molecule has 1 aromatic heterocycles. The molecule has 0 radical (unpaired) electrons. The number of phenolic OH excluding ortho intramolecular Hbond substituents is 1. The van der Waals surface area contributed by atoms with Crippen LogP contribution < -0.4 is 0 Å². The SMILES string of the molecule is COC(=O)c1ccc(Cn2ncc3ccccc32)c(O)c1. The van der Waals surface area contributed by atoms with Crippen molar-refractivity contribution in [3.05, 3.63) is 59.8 Å². The van der Waals surface area contributed by atoms with Gasteiger partial charge in [0.15, 0.2) is 0 Å². The van der Waals surface area contributed by atoms with Crippen LogP contribution in [-0.2, 0) is 11.3 Å². The van der Waals surface area contributed by atoms with Crippen LogP contribution in [0, 0.1) is 0 Å². The second-order valence-electron chi connectivity index (χ2n) is 4.70. The molecule has 0 atom stereocenters. The van der Waals surface area contributed by atoms with E-state index in [1.807, 2.05) is 28.9 Å². The molecule has 21 heavy (non-hydrogen) atoms. The maximum atomic E-state index is 11.4. The molecular weight excluding hydrogens is 268 g/mol. The fraction of sp³-hybridized carbons (Fsp3) is 0.125. The maximum absolute atomic E-state index is 11.4. The summed E-state index contributed by atoms with van der Waals surface area (Å²) in [4.78, 5) is 11.4. The Morgan fingerprint density at radius 1 is 1.29 bits per heavy atom. The molecule has 3 rings (SSSR count). The third kappa shape index (κ3) is 2.45. The van der Waals surface area contributed by atoms with Crippen molar-refractivity contribution in [3.8, 4) is 5.75 Å². The Hall–Kier alpha value is -2.82. The molecule has 2 aromatic carbocycles. The standard InChI is InChI=1S/C16H14N2O3/c1-21-16(20)11-6-7-13(15(19)8-11)10-18-14-5-3-2-4-12(14)9-17-18/h2-9,19H,10H2,1H3. The molecule has 5 heteroatoms. The van der Waals surface area contributed by atoms with E-state index in [4.69, 9.17) is 0 Å². The van der Waals surface area contributed by atoms with E-state index in [1.54, 1.807) is 18.3 Å². The third-order valence-corrected chi connectivity index (χ3v) is 3.38. The summed E-state index contributed by atoms with van der Waals surface area (Å²) in [5, 5.41) is 15.4. The van der Waals surface area contributed by atoms with Gasteiger partial charge in [0, 0.05) is 10.9 Å². The van der Waals surface area contributed by atoms with E-state index < -0.39 is 5.97 Å². The number of para-hydroxylation sites is 1. The topological polar surface area (TPSA) is 64.4 Å². The Morgan fingerprint density at radius 3 is 2.86 bits per heavy atom. The number of esters is 1. The van der Waals surface area contributed by atoms with Crippen LogP contribution in [0.2, 0.25) is 0 Å². The summed E-state index contributed by atoms with van der Waals surface area (Å²) < 4.78 is 6.43. The van der Waals surface area contributed by atoms with Crippen molar-refractivity contribution in [2.45, 2.75) is 6.54 Å². The highest BCUT2D eigenvalue weighted by Gasteiger charge is 2.11. The van der Waals surface area contributed by atoms with E-state index in [9.17, 15) is 9.90 Å². The van der Waals surface area contributed by atoms with Gasteiger partial charge in [-0.15, -0.1) is 0 Å². The number of benzene rings is 2. The van der Waals surface area contributed by atoms with Crippen LogP contribution in [0.1, 0.15) is 15.9 Å². The molecule has 0 aliphatic carbocycles. The van der Waals surface area contributed by atoms with Gasteiger partial charge in [-0.1, -0.05) is 24.3 Å². The van der Waals surface area contributed by atoms with Crippen LogP contribution in [0.4, 0.5) is 0 Å². The van der Waals surface area contributed by atoms with E-state index in [1.165, 1.54) is 13.2 Å². The fourth-order valence-corrected chi connectivity index (χ4v) is 2.26. The van der Waals surface area contributed by atoms with E-state index in [0.717, 1.165) is 10.9 Å². The van der Waals surface area contributed by atoms with E-state index in [0.29, 0.717) is 17.7 Å². The van der Waals surface area contributed by atoms with Crippen molar-refractivity contribution in [1.29, 1.82) is 0 Å².